The molecule has 2 aliphatic heterocycles. The van der Waals surface area contributed by atoms with Gasteiger partial charge in [0.15, 0.2) is 11.0 Å². The lowest BCUT2D eigenvalue weighted by molar-refractivity contribution is 0.312. The van der Waals surface area contributed by atoms with Crippen molar-refractivity contribution in [2.45, 2.75) is 38.8 Å². The summed E-state index contributed by atoms with van der Waals surface area (Å²) in [5.41, 5.74) is 2.86. The SMILES string of the molecule is Oc1c(CN2CCCC2)cc(Nc2ccc(Cl)nn2)cc1CN1CCCC1. The van der Waals surface area contributed by atoms with Gasteiger partial charge >= 0.3 is 0 Å². The Morgan fingerprint density at radius 3 is 1.93 bits per heavy atom. The normalized spacial score (nSPS) is 18.3. The number of benzene rings is 1. The molecule has 0 radical (unpaired) electrons. The largest absolute Gasteiger partial charge is 0.507 e. The smallest absolute Gasteiger partial charge is 0.153 e. The number of nitrogens with zero attached hydrogens (tertiary/aromatic N) is 4. The van der Waals surface area contributed by atoms with Gasteiger partial charge in [-0.25, -0.2) is 0 Å². The van der Waals surface area contributed by atoms with Crippen LogP contribution in [-0.2, 0) is 13.1 Å². The molecule has 2 aliphatic rings. The number of phenols is 1. The predicted octanol–water partition coefficient (Wildman–Crippen LogP) is 3.77. The van der Waals surface area contributed by atoms with Crippen molar-refractivity contribution in [2.75, 3.05) is 31.5 Å². The average molecular weight is 388 g/mol. The number of phenolic OH excluding ortho intramolecular Hbond substituents is 1. The molecule has 0 spiro atoms. The van der Waals surface area contributed by atoms with Gasteiger partial charge in [-0.05, 0) is 76.1 Å². The topological polar surface area (TPSA) is 64.5 Å². The van der Waals surface area contributed by atoms with E-state index < -0.39 is 0 Å². The summed E-state index contributed by atoms with van der Waals surface area (Å²) in [5, 5.41) is 22.6. The Hall–Kier alpha value is -1.89. The minimum Gasteiger partial charge on any atom is -0.507 e. The zero-order valence-corrected chi connectivity index (χ0v) is 16.3. The third-order valence-electron chi connectivity index (χ3n) is 5.36. The first-order valence-corrected chi connectivity index (χ1v) is 10.1. The summed E-state index contributed by atoms with van der Waals surface area (Å²) in [4.78, 5) is 4.81. The molecule has 2 N–H and O–H groups in total. The summed E-state index contributed by atoms with van der Waals surface area (Å²) in [6.07, 6.45) is 4.94. The number of hydrogen-bond acceptors (Lipinski definition) is 6. The third-order valence-corrected chi connectivity index (χ3v) is 5.56. The van der Waals surface area contributed by atoms with E-state index in [1.807, 2.05) is 18.2 Å². The molecule has 6 nitrogen and oxygen atoms in total. The number of nitrogens with one attached hydrogen (secondary N) is 1. The molecule has 2 saturated heterocycles. The second-order valence-corrected chi connectivity index (χ2v) is 7.86. The monoisotopic (exact) mass is 387 g/mol. The summed E-state index contributed by atoms with van der Waals surface area (Å²) in [6, 6.07) is 7.57. The lowest BCUT2D eigenvalue weighted by Crippen LogP contribution is -2.20. The average Bonchev–Trinajstić information content (AvgIpc) is 3.35. The minimum atomic E-state index is 0.371. The highest BCUT2D eigenvalue weighted by Crippen LogP contribution is 2.32. The van der Waals surface area contributed by atoms with E-state index in [0.29, 0.717) is 16.7 Å². The molecule has 4 rings (SSSR count). The Bertz CT molecular complexity index is 731. The number of anilines is 2. The van der Waals surface area contributed by atoms with Gasteiger partial charge in [0, 0.05) is 29.9 Å². The minimum absolute atomic E-state index is 0.371. The number of rotatable bonds is 6. The molecule has 1 aromatic carbocycles. The van der Waals surface area contributed by atoms with Crippen LogP contribution in [0.15, 0.2) is 24.3 Å². The number of hydrogen-bond donors (Lipinski definition) is 2. The first kappa shape index (κ1) is 18.5. The van der Waals surface area contributed by atoms with E-state index in [1.165, 1.54) is 25.7 Å². The zero-order chi connectivity index (χ0) is 18.6. The fourth-order valence-corrected chi connectivity index (χ4v) is 4.07. The van der Waals surface area contributed by atoms with E-state index in [9.17, 15) is 5.11 Å². The summed E-state index contributed by atoms with van der Waals surface area (Å²) in [7, 11) is 0. The Kier molecular flexibility index (Phi) is 5.76. The van der Waals surface area contributed by atoms with Gasteiger partial charge in [0.2, 0.25) is 0 Å². The number of aromatic nitrogens is 2. The van der Waals surface area contributed by atoms with Crippen molar-refractivity contribution in [1.29, 1.82) is 0 Å². The van der Waals surface area contributed by atoms with Gasteiger partial charge < -0.3 is 10.4 Å². The van der Waals surface area contributed by atoms with Gasteiger partial charge in [0.25, 0.3) is 0 Å². The second kappa shape index (κ2) is 8.42. The van der Waals surface area contributed by atoms with Crippen molar-refractivity contribution in [1.82, 2.24) is 20.0 Å². The molecule has 144 valence electrons. The highest BCUT2D eigenvalue weighted by atomic mass is 35.5. The van der Waals surface area contributed by atoms with E-state index in [0.717, 1.165) is 56.1 Å². The van der Waals surface area contributed by atoms with Crippen LogP contribution in [0.2, 0.25) is 5.15 Å². The van der Waals surface area contributed by atoms with Crippen LogP contribution < -0.4 is 5.32 Å². The summed E-state index contributed by atoms with van der Waals surface area (Å²) in [6.45, 7) is 5.95. The Balaban J connectivity index is 1.60. The van der Waals surface area contributed by atoms with E-state index in [2.05, 4.69) is 25.3 Å². The molecule has 0 unspecified atom stereocenters. The van der Waals surface area contributed by atoms with Crippen LogP contribution in [0.5, 0.6) is 5.75 Å². The maximum absolute atomic E-state index is 10.9. The van der Waals surface area contributed by atoms with Gasteiger partial charge in [-0.3, -0.25) is 9.80 Å². The Morgan fingerprint density at radius 1 is 0.889 bits per heavy atom. The van der Waals surface area contributed by atoms with Crippen LogP contribution in [0.3, 0.4) is 0 Å². The first-order chi connectivity index (χ1) is 13.2. The fraction of sp³-hybridized carbons (Fsp3) is 0.500. The van der Waals surface area contributed by atoms with Crippen molar-refractivity contribution < 1.29 is 5.11 Å². The molecule has 1 aromatic heterocycles. The maximum atomic E-state index is 10.9. The lowest BCUT2D eigenvalue weighted by atomic mass is 10.1. The van der Waals surface area contributed by atoms with E-state index in [-0.39, 0.29) is 0 Å². The molecule has 0 amide bonds. The van der Waals surface area contributed by atoms with Crippen LogP contribution in [0.4, 0.5) is 11.5 Å². The van der Waals surface area contributed by atoms with Gasteiger partial charge in [-0.15, -0.1) is 10.2 Å². The lowest BCUT2D eigenvalue weighted by Gasteiger charge is -2.21. The van der Waals surface area contributed by atoms with Crippen LogP contribution >= 0.6 is 11.6 Å². The van der Waals surface area contributed by atoms with E-state index in [1.54, 1.807) is 6.07 Å². The molecule has 0 aliphatic carbocycles. The zero-order valence-electron chi connectivity index (χ0n) is 15.5. The van der Waals surface area contributed by atoms with Crippen molar-refractivity contribution in [2.24, 2.45) is 0 Å². The molecule has 0 saturated carbocycles. The van der Waals surface area contributed by atoms with E-state index >= 15 is 0 Å². The maximum Gasteiger partial charge on any atom is 0.153 e. The molecule has 27 heavy (non-hydrogen) atoms. The Labute approximate surface area is 165 Å². The molecule has 2 aromatic rings. The molecular formula is C20H26ClN5O. The Morgan fingerprint density at radius 2 is 1.44 bits per heavy atom. The van der Waals surface area contributed by atoms with Crippen molar-refractivity contribution in [3.63, 3.8) is 0 Å². The fourth-order valence-electron chi connectivity index (χ4n) is 3.97. The molecule has 2 fully saturated rings. The van der Waals surface area contributed by atoms with E-state index in [4.69, 9.17) is 11.6 Å². The highest BCUT2D eigenvalue weighted by Gasteiger charge is 2.19. The van der Waals surface area contributed by atoms with Crippen LogP contribution in [0.25, 0.3) is 0 Å². The van der Waals surface area contributed by atoms with Crippen LogP contribution in [-0.4, -0.2) is 51.3 Å². The molecule has 3 heterocycles. The summed E-state index contributed by atoms with van der Waals surface area (Å²) < 4.78 is 0. The third kappa shape index (κ3) is 4.69. The molecule has 0 atom stereocenters. The van der Waals surface area contributed by atoms with Gasteiger partial charge in [-0.2, -0.15) is 0 Å². The van der Waals surface area contributed by atoms with Gasteiger partial charge in [-0.1, -0.05) is 11.6 Å². The highest BCUT2D eigenvalue weighted by molar-refractivity contribution is 6.29. The standard InChI is InChI=1S/C20H26ClN5O/c21-18-5-6-19(24-23-18)22-17-11-15(13-25-7-1-2-8-25)20(27)16(12-17)14-26-9-3-4-10-26/h5-6,11-12,27H,1-4,7-10,13-14H2,(H,22,24). The molecule has 7 heteroatoms. The predicted molar refractivity (Wildman–Crippen MR) is 107 cm³/mol. The number of likely N-dealkylation sites (tertiary alicyclic amines) is 2. The quantitative estimate of drug-likeness (QED) is 0.735. The summed E-state index contributed by atoms with van der Waals surface area (Å²) in [5.74, 6) is 1.07. The van der Waals surface area contributed by atoms with Gasteiger partial charge in [0.1, 0.15) is 5.75 Å². The molecule has 0 bridgehead atoms. The van der Waals surface area contributed by atoms with Crippen LogP contribution in [0, 0.1) is 0 Å². The number of aromatic hydroxyl groups is 1. The second-order valence-electron chi connectivity index (χ2n) is 7.48. The molecular weight excluding hydrogens is 362 g/mol. The number of halogens is 1. The summed E-state index contributed by atoms with van der Waals surface area (Å²) >= 11 is 5.83. The first-order valence-electron chi connectivity index (χ1n) is 9.73. The van der Waals surface area contributed by atoms with Crippen molar-refractivity contribution in [3.05, 3.63) is 40.5 Å². The van der Waals surface area contributed by atoms with Crippen LogP contribution in [0.1, 0.15) is 36.8 Å². The van der Waals surface area contributed by atoms with Crippen molar-refractivity contribution in [3.8, 4) is 5.75 Å². The van der Waals surface area contributed by atoms with Crippen molar-refractivity contribution >= 4 is 23.1 Å². The van der Waals surface area contributed by atoms with Gasteiger partial charge in [0.05, 0.1) is 0 Å².